The molecule has 0 aliphatic rings. The fourth-order valence-corrected chi connectivity index (χ4v) is 2.62. The third-order valence-electron chi connectivity index (χ3n) is 3.72. The maximum absolute atomic E-state index is 12.0. The summed E-state index contributed by atoms with van der Waals surface area (Å²) in [5, 5.41) is 15.9. The van der Waals surface area contributed by atoms with Gasteiger partial charge in [0.1, 0.15) is 5.02 Å². The second-order valence-electron chi connectivity index (χ2n) is 5.31. The Balaban J connectivity index is 1.92. The van der Waals surface area contributed by atoms with Crippen LogP contribution in [0.25, 0.3) is 10.9 Å². The summed E-state index contributed by atoms with van der Waals surface area (Å²) in [6, 6.07) is 13.3. The van der Waals surface area contributed by atoms with Gasteiger partial charge in [0, 0.05) is 30.1 Å². The van der Waals surface area contributed by atoms with E-state index in [1.54, 1.807) is 17.7 Å². The van der Waals surface area contributed by atoms with Crippen molar-refractivity contribution in [2.45, 2.75) is 0 Å². The number of nitrogens with one attached hydrogen (secondary N) is 1. The van der Waals surface area contributed by atoms with Crippen molar-refractivity contribution in [3.63, 3.8) is 0 Å². The molecule has 0 radical (unpaired) electrons. The molecule has 0 saturated heterocycles. The number of pyridine rings is 1. The summed E-state index contributed by atoms with van der Waals surface area (Å²) in [5.74, 6) is 0. The number of benzene rings is 2. The van der Waals surface area contributed by atoms with Crippen LogP contribution < -0.4 is 11.0 Å². The molecule has 2 aromatic carbocycles. The zero-order chi connectivity index (χ0) is 18.0. The Morgan fingerprint density at radius 2 is 2.00 bits per heavy atom. The Kier molecular flexibility index (Phi) is 4.49. The molecule has 1 heterocycles. The van der Waals surface area contributed by atoms with Gasteiger partial charge in [0.15, 0.2) is 0 Å². The van der Waals surface area contributed by atoms with Crippen molar-refractivity contribution in [3.8, 4) is 0 Å². The van der Waals surface area contributed by atoms with Crippen LogP contribution in [0.15, 0.2) is 58.4 Å². The van der Waals surface area contributed by atoms with Gasteiger partial charge in [-0.25, -0.2) is 0 Å². The summed E-state index contributed by atoms with van der Waals surface area (Å²) in [4.78, 5) is 22.4. The highest BCUT2D eigenvalue weighted by atomic mass is 35.5. The van der Waals surface area contributed by atoms with E-state index in [0.717, 1.165) is 10.9 Å². The first kappa shape index (κ1) is 16.7. The van der Waals surface area contributed by atoms with Crippen LogP contribution >= 0.6 is 11.6 Å². The van der Waals surface area contributed by atoms with E-state index in [0.29, 0.717) is 11.3 Å². The molecule has 1 N–H and O–H groups in total. The highest BCUT2D eigenvalue weighted by molar-refractivity contribution is 6.32. The summed E-state index contributed by atoms with van der Waals surface area (Å²) < 4.78 is 1.55. The van der Waals surface area contributed by atoms with E-state index >= 15 is 0 Å². The van der Waals surface area contributed by atoms with E-state index in [4.69, 9.17) is 11.6 Å². The van der Waals surface area contributed by atoms with Gasteiger partial charge in [-0.2, -0.15) is 5.10 Å². The standard InChI is InChI=1S/C17H13ClN4O3/c1-21-15-5-3-2-4-12(15)14(9-17(21)23)20-19-10-11-6-7-13(18)16(8-11)22(24)25/h2-10,20H,1H3/b19-10-. The molecule has 7 nitrogen and oxygen atoms in total. The molecular formula is C17H13ClN4O3. The molecule has 3 aromatic rings. The number of anilines is 1. The molecule has 0 aliphatic carbocycles. The number of aryl methyl sites for hydroxylation is 1. The second-order valence-corrected chi connectivity index (χ2v) is 5.72. The lowest BCUT2D eigenvalue weighted by atomic mass is 10.2. The second kappa shape index (κ2) is 6.74. The zero-order valence-corrected chi connectivity index (χ0v) is 13.9. The summed E-state index contributed by atoms with van der Waals surface area (Å²) in [6.45, 7) is 0. The van der Waals surface area contributed by atoms with Gasteiger partial charge in [-0.3, -0.25) is 20.3 Å². The maximum Gasteiger partial charge on any atom is 0.288 e. The molecule has 126 valence electrons. The van der Waals surface area contributed by atoms with E-state index in [1.165, 1.54) is 24.4 Å². The third-order valence-corrected chi connectivity index (χ3v) is 4.04. The molecule has 0 saturated carbocycles. The molecular weight excluding hydrogens is 344 g/mol. The van der Waals surface area contributed by atoms with Crippen molar-refractivity contribution < 1.29 is 4.92 Å². The molecule has 0 fully saturated rings. The lowest BCUT2D eigenvalue weighted by molar-refractivity contribution is -0.384. The number of para-hydroxylation sites is 1. The normalized spacial score (nSPS) is 11.1. The first-order valence-corrected chi connectivity index (χ1v) is 7.67. The van der Waals surface area contributed by atoms with Gasteiger partial charge in [-0.15, -0.1) is 0 Å². The third kappa shape index (κ3) is 3.36. The minimum Gasteiger partial charge on any atom is -0.311 e. The van der Waals surface area contributed by atoms with Crippen molar-refractivity contribution in [2.75, 3.05) is 5.43 Å². The Bertz CT molecular complexity index is 1060. The van der Waals surface area contributed by atoms with Crippen LogP contribution in [-0.4, -0.2) is 15.7 Å². The summed E-state index contributed by atoms with van der Waals surface area (Å²) >= 11 is 5.78. The van der Waals surface area contributed by atoms with E-state index < -0.39 is 4.92 Å². The van der Waals surface area contributed by atoms with Gasteiger partial charge in [0.05, 0.1) is 22.3 Å². The largest absolute Gasteiger partial charge is 0.311 e. The van der Waals surface area contributed by atoms with Crippen LogP contribution in [0.2, 0.25) is 5.02 Å². The highest BCUT2D eigenvalue weighted by Gasteiger charge is 2.12. The number of fused-ring (bicyclic) bond motifs is 1. The predicted molar refractivity (Wildman–Crippen MR) is 98.5 cm³/mol. The van der Waals surface area contributed by atoms with Crippen LogP contribution in [0.5, 0.6) is 0 Å². The van der Waals surface area contributed by atoms with Crippen molar-refractivity contribution in [1.82, 2.24) is 4.57 Å². The van der Waals surface area contributed by atoms with Gasteiger partial charge >= 0.3 is 0 Å². The van der Waals surface area contributed by atoms with Gasteiger partial charge in [-0.05, 0) is 12.1 Å². The van der Waals surface area contributed by atoms with Crippen molar-refractivity contribution in [2.24, 2.45) is 12.1 Å². The van der Waals surface area contributed by atoms with Gasteiger partial charge in [0.25, 0.3) is 11.2 Å². The topological polar surface area (TPSA) is 89.5 Å². The Hall–Kier alpha value is -3.19. The number of aromatic nitrogens is 1. The fourth-order valence-electron chi connectivity index (χ4n) is 2.43. The van der Waals surface area contributed by atoms with Gasteiger partial charge < -0.3 is 4.57 Å². The lowest BCUT2D eigenvalue weighted by Gasteiger charge is -2.09. The number of nitro groups is 1. The van der Waals surface area contributed by atoms with E-state index in [-0.39, 0.29) is 16.3 Å². The Morgan fingerprint density at radius 1 is 1.24 bits per heavy atom. The molecule has 0 atom stereocenters. The van der Waals surface area contributed by atoms with Crippen LogP contribution in [0.1, 0.15) is 5.56 Å². The monoisotopic (exact) mass is 356 g/mol. The Labute approximate surface area is 147 Å². The maximum atomic E-state index is 12.0. The molecule has 0 spiro atoms. The quantitative estimate of drug-likeness (QED) is 0.440. The van der Waals surface area contributed by atoms with Crippen LogP contribution in [0.3, 0.4) is 0 Å². The van der Waals surface area contributed by atoms with Gasteiger partial charge in [0.2, 0.25) is 0 Å². The number of nitro benzene ring substituents is 1. The highest BCUT2D eigenvalue weighted by Crippen LogP contribution is 2.24. The minimum atomic E-state index is -0.554. The molecule has 0 amide bonds. The number of halogens is 1. The molecule has 0 aliphatic heterocycles. The lowest BCUT2D eigenvalue weighted by Crippen LogP contribution is -2.16. The van der Waals surface area contributed by atoms with Crippen molar-refractivity contribution in [1.29, 1.82) is 0 Å². The molecule has 3 rings (SSSR count). The minimum absolute atomic E-state index is 0.0626. The number of rotatable bonds is 4. The van der Waals surface area contributed by atoms with Crippen LogP contribution in [-0.2, 0) is 7.05 Å². The van der Waals surface area contributed by atoms with E-state index in [2.05, 4.69) is 10.5 Å². The number of nitrogens with zero attached hydrogens (tertiary/aromatic N) is 3. The smallest absolute Gasteiger partial charge is 0.288 e. The summed E-state index contributed by atoms with van der Waals surface area (Å²) in [5.41, 5.74) is 4.30. The number of hydrogen-bond acceptors (Lipinski definition) is 5. The summed E-state index contributed by atoms with van der Waals surface area (Å²) in [6.07, 6.45) is 1.43. The molecule has 0 unspecified atom stereocenters. The van der Waals surface area contributed by atoms with E-state index in [9.17, 15) is 14.9 Å². The summed E-state index contributed by atoms with van der Waals surface area (Å²) in [7, 11) is 1.70. The first-order valence-electron chi connectivity index (χ1n) is 7.29. The molecule has 0 bridgehead atoms. The molecule has 1 aromatic heterocycles. The van der Waals surface area contributed by atoms with Crippen LogP contribution in [0.4, 0.5) is 11.4 Å². The van der Waals surface area contributed by atoms with Crippen LogP contribution in [0, 0.1) is 10.1 Å². The Morgan fingerprint density at radius 3 is 2.76 bits per heavy atom. The van der Waals surface area contributed by atoms with Crippen molar-refractivity contribution >= 4 is 40.1 Å². The fraction of sp³-hybridized carbons (Fsp3) is 0.0588. The molecule has 8 heteroatoms. The number of hydrogen-bond donors (Lipinski definition) is 1. The number of hydrazone groups is 1. The SMILES string of the molecule is Cn1c(=O)cc(N/N=C\c2ccc(Cl)c([N+](=O)[O-])c2)c2ccccc21. The zero-order valence-electron chi connectivity index (χ0n) is 13.1. The van der Waals surface area contributed by atoms with Crippen molar-refractivity contribution in [3.05, 3.63) is 79.6 Å². The predicted octanol–water partition coefficient (Wildman–Crippen LogP) is 3.55. The molecule has 25 heavy (non-hydrogen) atoms. The average Bonchev–Trinajstić information content (AvgIpc) is 2.60. The van der Waals surface area contributed by atoms with E-state index in [1.807, 2.05) is 24.3 Å². The van der Waals surface area contributed by atoms with Gasteiger partial charge in [-0.1, -0.05) is 35.9 Å². The average molecular weight is 357 g/mol. The first-order chi connectivity index (χ1) is 12.0.